The van der Waals surface area contributed by atoms with E-state index in [4.69, 9.17) is 10.5 Å². The van der Waals surface area contributed by atoms with Gasteiger partial charge in [-0.3, -0.25) is 14.5 Å². The van der Waals surface area contributed by atoms with E-state index in [2.05, 4.69) is 5.32 Å². The molecule has 0 radical (unpaired) electrons. The zero-order chi connectivity index (χ0) is 14.9. The van der Waals surface area contributed by atoms with Gasteiger partial charge in [-0.1, -0.05) is 0 Å². The van der Waals surface area contributed by atoms with E-state index >= 15 is 0 Å². The van der Waals surface area contributed by atoms with Gasteiger partial charge >= 0.3 is 0 Å². The van der Waals surface area contributed by atoms with E-state index in [9.17, 15) is 14.0 Å². The third-order valence-corrected chi connectivity index (χ3v) is 3.12. The molecule has 108 valence electrons. The Balaban J connectivity index is 2.23. The van der Waals surface area contributed by atoms with Gasteiger partial charge in [0.2, 0.25) is 5.91 Å². The Hall–Kier alpha value is -2.31. The Labute approximate surface area is 115 Å². The number of hydrogen-bond acceptors (Lipinski definition) is 5. The van der Waals surface area contributed by atoms with Crippen molar-refractivity contribution in [2.24, 2.45) is 0 Å². The monoisotopic (exact) mass is 281 g/mol. The van der Waals surface area contributed by atoms with Crippen LogP contribution in [0.4, 0.5) is 15.8 Å². The minimum Gasteiger partial charge on any atom is -0.491 e. The molecule has 0 aromatic heterocycles. The second-order valence-electron chi connectivity index (χ2n) is 4.49. The van der Waals surface area contributed by atoms with Crippen molar-refractivity contribution in [2.75, 3.05) is 24.7 Å². The van der Waals surface area contributed by atoms with Crippen LogP contribution in [0, 0.1) is 5.82 Å². The second kappa shape index (κ2) is 5.36. The molecule has 2 amide bonds. The fraction of sp³-hybridized carbons (Fsp3) is 0.385. The Morgan fingerprint density at radius 1 is 1.50 bits per heavy atom. The molecule has 0 aliphatic carbocycles. The number of anilines is 2. The third kappa shape index (κ3) is 2.52. The van der Waals surface area contributed by atoms with Gasteiger partial charge in [-0.15, -0.1) is 0 Å². The highest BCUT2D eigenvalue weighted by Crippen LogP contribution is 2.30. The van der Waals surface area contributed by atoms with Crippen molar-refractivity contribution in [1.82, 2.24) is 4.90 Å². The highest BCUT2D eigenvalue weighted by Gasteiger charge is 2.36. The number of nitrogens with two attached hydrogens (primary N) is 1. The SMILES string of the molecule is CCOc1cc(NC2CC(=O)N(C)C2=O)c(N)cc1F. The number of nitrogens with zero attached hydrogens (tertiary/aromatic N) is 1. The summed E-state index contributed by atoms with van der Waals surface area (Å²) in [5.74, 6) is -1.12. The average Bonchev–Trinajstić information content (AvgIpc) is 2.63. The molecule has 1 fully saturated rings. The maximum atomic E-state index is 13.6. The van der Waals surface area contributed by atoms with E-state index in [0.29, 0.717) is 12.3 Å². The van der Waals surface area contributed by atoms with Gasteiger partial charge in [0.15, 0.2) is 11.6 Å². The van der Waals surface area contributed by atoms with Crippen molar-refractivity contribution in [3.8, 4) is 5.75 Å². The highest BCUT2D eigenvalue weighted by atomic mass is 19.1. The lowest BCUT2D eigenvalue weighted by Gasteiger charge is -2.16. The topological polar surface area (TPSA) is 84.7 Å². The summed E-state index contributed by atoms with van der Waals surface area (Å²) < 4.78 is 18.7. The molecule has 0 bridgehead atoms. The van der Waals surface area contributed by atoms with Crippen molar-refractivity contribution in [2.45, 2.75) is 19.4 Å². The van der Waals surface area contributed by atoms with Crippen LogP contribution in [-0.4, -0.2) is 36.4 Å². The Morgan fingerprint density at radius 2 is 2.20 bits per heavy atom. The molecule has 1 heterocycles. The van der Waals surface area contributed by atoms with Crippen LogP contribution in [-0.2, 0) is 9.59 Å². The van der Waals surface area contributed by atoms with E-state index in [1.165, 1.54) is 13.1 Å². The number of rotatable bonds is 4. The normalized spacial score (nSPS) is 18.6. The first-order chi connectivity index (χ1) is 9.43. The number of nitrogen functional groups attached to an aromatic ring is 1. The molecule has 1 aliphatic rings. The zero-order valence-corrected chi connectivity index (χ0v) is 11.3. The van der Waals surface area contributed by atoms with E-state index in [1.807, 2.05) is 0 Å². The van der Waals surface area contributed by atoms with Gasteiger partial charge in [-0.25, -0.2) is 4.39 Å². The summed E-state index contributed by atoms with van der Waals surface area (Å²) >= 11 is 0. The highest BCUT2D eigenvalue weighted by molar-refractivity contribution is 6.06. The second-order valence-corrected chi connectivity index (χ2v) is 4.49. The van der Waals surface area contributed by atoms with Crippen LogP contribution in [0.15, 0.2) is 12.1 Å². The van der Waals surface area contributed by atoms with Gasteiger partial charge in [0.1, 0.15) is 6.04 Å². The summed E-state index contributed by atoms with van der Waals surface area (Å²) in [4.78, 5) is 24.3. The molecule has 3 N–H and O–H groups in total. The van der Waals surface area contributed by atoms with Crippen LogP contribution >= 0.6 is 0 Å². The number of carbonyl (C=O) groups is 2. The summed E-state index contributed by atoms with van der Waals surface area (Å²) in [6, 6.07) is 1.83. The van der Waals surface area contributed by atoms with Crippen molar-refractivity contribution >= 4 is 23.2 Å². The molecule has 20 heavy (non-hydrogen) atoms. The van der Waals surface area contributed by atoms with Crippen molar-refractivity contribution < 1.29 is 18.7 Å². The number of nitrogens with one attached hydrogen (secondary N) is 1. The Bertz CT molecular complexity index is 562. The summed E-state index contributed by atoms with van der Waals surface area (Å²) in [5.41, 5.74) is 6.24. The molecule has 6 nitrogen and oxygen atoms in total. The average molecular weight is 281 g/mol. The van der Waals surface area contributed by atoms with Gasteiger partial charge in [-0.2, -0.15) is 0 Å². The quantitative estimate of drug-likeness (QED) is 0.634. The maximum absolute atomic E-state index is 13.6. The van der Waals surface area contributed by atoms with Crippen molar-refractivity contribution in [3.05, 3.63) is 17.9 Å². The largest absolute Gasteiger partial charge is 0.491 e. The molecular formula is C13H16FN3O3. The maximum Gasteiger partial charge on any atom is 0.251 e. The number of benzene rings is 1. The fourth-order valence-corrected chi connectivity index (χ4v) is 2.02. The van der Waals surface area contributed by atoms with E-state index in [-0.39, 0.29) is 29.7 Å². The Morgan fingerprint density at radius 3 is 2.75 bits per heavy atom. The van der Waals surface area contributed by atoms with Gasteiger partial charge in [0.05, 0.1) is 24.4 Å². The number of carbonyl (C=O) groups excluding carboxylic acids is 2. The van der Waals surface area contributed by atoms with E-state index < -0.39 is 11.9 Å². The Kier molecular flexibility index (Phi) is 3.78. The molecule has 0 saturated carbocycles. The predicted molar refractivity (Wildman–Crippen MR) is 71.8 cm³/mol. The van der Waals surface area contributed by atoms with Crippen LogP contribution in [0.1, 0.15) is 13.3 Å². The number of amides is 2. The lowest BCUT2D eigenvalue weighted by atomic mass is 10.2. The molecule has 1 aromatic carbocycles. The number of ether oxygens (including phenoxy) is 1. The van der Waals surface area contributed by atoms with Gasteiger partial charge in [0.25, 0.3) is 5.91 Å². The third-order valence-electron chi connectivity index (χ3n) is 3.12. The lowest BCUT2D eigenvalue weighted by Crippen LogP contribution is -2.32. The molecule has 1 aromatic rings. The zero-order valence-electron chi connectivity index (χ0n) is 11.3. The molecule has 1 unspecified atom stereocenters. The first-order valence-electron chi connectivity index (χ1n) is 6.22. The van der Waals surface area contributed by atoms with Crippen molar-refractivity contribution in [1.29, 1.82) is 0 Å². The molecule has 1 aliphatic heterocycles. The molecule has 1 saturated heterocycles. The summed E-state index contributed by atoms with van der Waals surface area (Å²) in [6.07, 6.45) is 0.0517. The van der Waals surface area contributed by atoms with Crippen LogP contribution in [0.2, 0.25) is 0 Å². The number of hydrogen-bond donors (Lipinski definition) is 2. The summed E-state index contributed by atoms with van der Waals surface area (Å²) in [5, 5.41) is 2.86. The molecule has 1 atom stereocenters. The molecule has 7 heteroatoms. The first kappa shape index (κ1) is 14.1. The molecule has 2 rings (SSSR count). The standard InChI is InChI=1S/C13H16FN3O3/c1-3-20-11-5-9(8(15)4-7(11)14)16-10-6-12(18)17(2)13(10)19/h4-5,10,16H,3,6,15H2,1-2H3. The smallest absolute Gasteiger partial charge is 0.251 e. The van der Waals surface area contributed by atoms with E-state index in [0.717, 1.165) is 11.0 Å². The summed E-state index contributed by atoms with van der Waals surface area (Å²) in [7, 11) is 1.42. The van der Waals surface area contributed by atoms with E-state index in [1.54, 1.807) is 6.92 Å². The minimum absolute atomic E-state index is 0.0503. The predicted octanol–water partition coefficient (Wildman–Crippen LogP) is 0.976. The van der Waals surface area contributed by atoms with Crippen LogP contribution < -0.4 is 15.8 Å². The van der Waals surface area contributed by atoms with Gasteiger partial charge in [-0.05, 0) is 6.92 Å². The van der Waals surface area contributed by atoms with Gasteiger partial charge in [0, 0.05) is 19.2 Å². The number of likely N-dealkylation sites (N-methyl/N-ethyl adjacent to an activating group) is 1. The lowest BCUT2D eigenvalue weighted by molar-refractivity contribution is -0.136. The van der Waals surface area contributed by atoms with Crippen LogP contribution in [0.3, 0.4) is 0 Å². The first-order valence-corrected chi connectivity index (χ1v) is 6.22. The number of likely N-dealkylation sites (tertiary alicyclic amines) is 1. The van der Waals surface area contributed by atoms with Crippen molar-refractivity contribution in [3.63, 3.8) is 0 Å². The summed E-state index contributed by atoms with van der Waals surface area (Å²) in [6.45, 7) is 2.04. The van der Waals surface area contributed by atoms with Crippen LogP contribution in [0.5, 0.6) is 5.75 Å². The van der Waals surface area contributed by atoms with Gasteiger partial charge < -0.3 is 15.8 Å². The molecule has 0 spiro atoms. The molecular weight excluding hydrogens is 265 g/mol. The fourth-order valence-electron chi connectivity index (χ4n) is 2.02. The minimum atomic E-state index is -0.685. The number of halogens is 1. The van der Waals surface area contributed by atoms with Crippen LogP contribution in [0.25, 0.3) is 0 Å². The number of imide groups is 1.